The second-order valence-corrected chi connectivity index (χ2v) is 6.65. The minimum atomic E-state index is 0.281. The highest BCUT2D eigenvalue weighted by Crippen LogP contribution is 2.25. The molecule has 4 nitrogen and oxygen atoms in total. The number of nitrogens with two attached hydrogens (primary N) is 1. The number of nitrogen functional groups attached to an aromatic ring is 1. The summed E-state index contributed by atoms with van der Waals surface area (Å²) in [5, 5.41) is 0. The van der Waals surface area contributed by atoms with Gasteiger partial charge in [-0.15, -0.1) is 0 Å². The summed E-state index contributed by atoms with van der Waals surface area (Å²) in [5.41, 5.74) is 9.26. The molecule has 128 valence electrons. The number of aryl methyl sites for hydroxylation is 1. The zero-order valence-corrected chi connectivity index (χ0v) is 14.8. The summed E-state index contributed by atoms with van der Waals surface area (Å²) in [6, 6.07) is 6.22. The Balaban J connectivity index is 1.93. The number of piperidine rings is 1. The maximum atomic E-state index is 12.4. The van der Waals surface area contributed by atoms with Crippen molar-refractivity contribution in [3.05, 3.63) is 23.8 Å². The van der Waals surface area contributed by atoms with Gasteiger partial charge >= 0.3 is 0 Å². The van der Waals surface area contributed by atoms with Crippen LogP contribution >= 0.6 is 0 Å². The maximum absolute atomic E-state index is 12.4. The molecule has 1 aliphatic heterocycles. The van der Waals surface area contributed by atoms with Crippen LogP contribution in [0.25, 0.3) is 0 Å². The largest absolute Gasteiger partial charge is 0.397 e. The summed E-state index contributed by atoms with van der Waals surface area (Å²) >= 11 is 0. The summed E-state index contributed by atoms with van der Waals surface area (Å²) in [7, 11) is 0. The number of hydrogen-bond donors (Lipinski definition) is 1. The molecule has 0 spiro atoms. The molecule has 0 saturated carbocycles. The molecule has 1 fully saturated rings. The molecule has 2 rings (SSSR count). The average Bonchev–Trinajstić information content (AvgIpc) is 2.55. The Bertz CT molecular complexity index is 525. The number of carbonyl (C=O) groups excluding carboxylic acids is 1. The molecule has 4 heteroatoms. The van der Waals surface area contributed by atoms with Crippen LogP contribution in [0.5, 0.6) is 0 Å². The van der Waals surface area contributed by atoms with E-state index in [-0.39, 0.29) is 5.91 Å². The van der Waals surface area contributed by atoms with E-state index in [0.717, 1.165) is 56.0 Å². The fraction of sp³-hybridized carbons (Fsp3) is 0.632. The highest BCUT2D eigenvalue weighted by Gasteiger charge is 2.20. The number of likely N-dealkylation sites (tertiary alicyclic amines) is 1. The van der Waals surface area contributed by atoms with Crippen LogP contribution in [0, 0.1) is 5.92 Å². The molecule has 1 atom stereocenters. The van der Waals surface area contributed by atoms with Gasteiger partial charge in [-0.25, -0.2) is 0 Å². The topological polar surface area (TPSA) is 49.6 Å². The third-order valence-corrected chi connectivity index (χ3v) is 4.83. The molecule has 0 radical (unpaired) electrons. The van der Waals surface area contributed by atoms with Crippen LogP contribution in [0.1, 0.15) is 45.6 Å². The molecule has 0 bridgehead atoms. The second kappa shape index (κ2) is 8.23. The monoisotopic (exact) mass is 317 g/mol. The van der Waals surface area contributed by atoms with Crippen LogP contribution in [0.15, 0.2) is 18.2 Å². The first kappa shape index (κ1) is 17.6. The van der Waals surface area contributed by atoms with Crippen LogP contribution in [0.4, 0.5) is 11.4 Å². The van der Waals surface area contributed by atoms with Crippen LogP contribution < -0.4 is 10.6 Å². The Morgan fingerprint density at radius 3 is 2.70 bits per heavy atom. The van der Waals surface area contributed by atoms with Gasteiger partial charge in [-0.3, -0.25) is 4.79 Å². The van der Waals surface area contributed by atoms with Gasteiger partial charge in [-0.2, -0.15) is 0 Å². The van der Waals surface area contributed by atoms with E-state index >= 15 is 0 Å². The van der Waals surface area contributed by atoms with Crippen molar-refractivity contribution >= 4 is 17.3 Å². The van der Waals surface area contributed by atoms with Gasteiger partial charge < -0.3 is 15.5 Å². The van der Waals surface area contributed by atoms with Crippen molar-refractivity contribution in [1.82, 2.24) is 4.90 Å². The third-order valence-electron chi connectivity index (χ3n) is 4.83. The van der Waals surface area contributed by atoms with Gasteiger partial charge in [-0.1, -0.05) is 13.0 Å². The SMILES string of the molecule is CCN(CC)c1ccc(CCC(=O)N2CCCC(C)C2)cc1N. The Kier molecular flexibility index (Phi) is 6.31. The Labute approximate surface area is 140 Å². The van der Waals surface area contributed by atoms with Gasteiger partial charge in [0.2, 0.25) is 5.91 Å². The molecule has 1 aromatic carbocycles. The zero-order valence-electron chi connectivity index (χ0n) is 14.8. The van der Waals surface area contributed by atoms with Crippen LogP contribution in [0.3, 0.4) is 0 Å². The summed E-state index contributed by atoms with van der Waals surface area (Å²) < 4.78 is 0. The van der Waals surface area contributed by atoms with Crippen molar-refractivity contribution in [2.24, 2.45) is 5.92 Å². The number of amides is 1. The Hall–Kier alpha value is -1.71. The molecule has 2 N–H and O–H groups in total. The second-order valence-electron chi connectivity index (χ2n) is 6.65. The van der Waals surface area contributed by atoms with Crippen molar-refractivity contribution in [3.63, 3.8) is 0 Å². The number of anilines is 2. The van der Waals surface area contributed by atoms with Crippen molar-refractivity contribution < 1.29 is 4.79 Å². The highest BCUT2D eigenvalue weighted by atomic mass is 16.2. The molecular formula is C19H31N3O. The molecular weight excluding hydrogens is 286 g/mol. The van der Waals surface area contributed by atoms with Gasteiger partial charge in [-0.05, 0) is 56.7 Å². The molecule has 0 aromatic heterocycles. The van der Waals surface area contributed by atoms with E-state index in [1.807, 2.05) is 11.0 Å². The average molecular weight is 317 g/mol. The lowest BCUT2D eigenvalue weighted by Crippen LogP contribution is -2.39. The summed E-state index contributed by atoms with van der Waals surface area (Å²) in [4.78, 5) is 16.6. The van der Waals surface area contributed by atoms with E-state index in [0.29, 0.717) is 12.3 Å². The van der Waals surface area contributed by atoms with Gasteiger partial charge in [0.05, 0.1) is 11.4 Å². The molecule has 1 amide bonds. The first-order valence-corrected chi connectivity index (χ1v) is 8.96. The lowest BCUT2D eigenvalue weighted by atomic mass is 9.99. The van der Waals surface area contributed by atoms with Crippen molar-refractivity contribution in [2.75, 3.05) is 36.8 Å². The minimum Gasteiger partial charge on any atom is -0.397 e. The number of nitrogens with zero attached hydrogens (tertiary/aromatic N) is 2. The van der Waals surface area contributed by atoms with Crippen molar-refractivity contribution in [2.45, 2.75) is 46.5 Å². The normalized spacial score (nSPS) is 18.0. The highest BCUT2D eigenvalue weighted by molar-refractivity contribution is 5.77. The Morgan fingerprint density at radius 2 is 2.09 bits per heavy atom. The summed E-state index contributed by atoms with van der Waals surface area (Å²) in [6.07, 6.45) is 3.73. The van der Waals surface area contributed by atoms with E-state index in [9.17, 15) is 4.79 Å². The predicted octanol–water partition coefficient (Wildman–Crippen LogP) is 3.31. The standard InChI is InChI=1S/C19H31N3O/c1-4-21(5-2)18-10-8-16(13-17(18)20)9-11-19(23)22-12-6-7-15(3)14-22/h8,10,13,15H,4-7,9,11-12,14,20H2,1-3H3. The fourth-order valence-corrected chi connectivity index (χ4v) is 3.44. The molecule has 1 aromatic rings. The molecule has 1 unspecified atom stereocenters. The number of rotatable bonds is 6. The van der Waals surface area contributed by atoms with Gasteiger partial charge in [0, 0.05) is 32.6 Å². The van der Waals surface area contributed by atoms with Crippen LogP contribution in [-0.4, -0.2) is 37.0 Å². The number of carbonyl (C=O) groups is 1. The molecule has 0 aliphatic carbocycles. The molecule has 1 aliphatic rings. The smallest absolute Gasteiger partial charge is 0.222 e. The van der Waals surface area contributed by atoms with Gasteiger partial charge in [0.1, 0.15) is 0 Å². The molecule has 23 heavy (non-hydrogen) atoms. The molecule has 1 heterocycles. The van der Waals surface area contributed by atoms with Gasteiger partial charge in [0.15, 0.2) is 0 Å². The van der Waals surface area contributed by atoms with Crippen molar-refractivity contribution in [3.8, 4) is 0 Å². The fourth-order valence-electron chi connectivity index (χ4n) is 3.44. The Morgan fingerprint density at radius 1 is 1.35 bits per heavy atom. The summed E-state index contributed by atoms with van der Waals surface area (Å²) in [6.45, 7) is 10.2. The van der Waals surface area contributed by atoms with E-state index < -0.39 is 0 Å². The molecule has 1 saturated heterocycles. The lowest BCUT2D eigenvalue weighted by molar-refractivity contribution is -0.132. The van der Waals surface area contributed by atoms with E-state index in [1.54, 1.807) is 0 Å². The number of hydrogen-bond acceptors (Lipinski definition) is 3. The zero-order chi connectivity index (χ0) is 16.8. The van der Waals surface area contributed by atoms with Gasteiger partial charge in [0.25, 0.3) is 0 Å². The van der Waals surface area contributed by atoms with Crippen LogP contribution in [-0.2, 0) is 11.2 Å². The first-order chi connectivity index (χ1) is 11.0. The van der Waals surface area contributed by atoms with Crippen LogP contribution in [0.2, 0.25) is 0 Å². The quantitative estimate of drug-likeness (QED) is 0.819. The van der Waals surface area contributed by atoms with Crippen molar-refractivity contribution in [1.29, 1.82) is 0 Å². The first-order valence-electron chi connectivity index (χ1n) is 8.96. The lowest BCUT2D eigenvalue weighted by Gasteiger charge is -2.31. The summed E-state index contributed by atoms with van der Waals surface area (Å²) in [5.74, 6) is 0.916. The third kappa shape index (κ3) is 4.63. The maximum Gasteiger partial charge on any atom is 0.222 e. The predicted molar refractivity (Wildman–Crippen MR) is 97.7 cm³/mol. The number of benzene rings is 1. The minimum absolute atomic E-state index is 0.281. The van der Waals surface area contributed by atoms with E-state index in [2.05, 4.69) is 37.8 Å². The van der Waals surface area contributed by atoms with E-state index in [4.69, 9.17) is 5.73 Å². The van der Waals surface area contributed by atoms with E-state index in [1.165, 1.54) is 6.42 Å².